The molecule has 1 unspecified atom stereocenters. The predicted molar refractivity (Wildman–Crippen MR) is 78.5 cm³/mol. The smallest absolute Gasteiger partial charge is 0.418 e. The van der Waals surface area contributed by atoms with E-state index in [2.05, 4.69) is 10.3 Å². The number of carbonyl (C=O) groups is 1. The van der Waals surface area contributed by atoms with Crippen LogP contribution in [0.15, 0.2) is 30.5 Å². The van der Waals surface area contributed by atoms with E-state index in [4.69, 9.17) is 5.11 Å². The molecule has 1 amide bonds. The Morgan fingerprint density at radius 1 is 1.24 bits per heavy atom. The van der Waals surface area contributed by atoms with E-state index in [0.29, 0.717) is 6.07 Å². The van der Waals surface area contributed by atoms with Crippen molar-refractivity contribution < 1.29 is 31.9 Å². The molecule has 2 rings (SSSR count). The van der Waals surface area contributed by atoms with Gasteiger partial charge in [-0.05, 0) is 19.1 Å². The van der Waals surface area contributed by atoms with E-state index in [1.54, 1.807) is 0 Å². The molecule has 0 fully saturated rings. The molecular formula is C15H12F5N3O2. The van der Waals surface area contributed by atoms with Gasteiger partial charge >= 0.3 is 12.3 Å². The predicted octanol–water partition coefficient (Wildman–Crippen LogP) is 4.45. The van der Waals surface area contributed by atoms with Gasteiger partial charge in [0.2, 0.25) is 0 Å². The van der Waals surface area contributed by atoms with Crippen LogP contribution in [0.1, 0.15) is 24.2 Å². The van der Waals surface area contributed by atoms with Gasteiger partial charge in [-0.25, -0.2) is 13.6 Å². The highest BCUT2D eigenvalue weighted by atomic mass is 19.4. The SMILES string of the molecule is CC(NC(=O)O)c1ncc(Nc2c(F)cccc2C(F)(F)F)cc1F. The van der Waals surface area contributed by atoms with Gasteiger partial charge in [-0.1, -0.05) is 6.07 Å². The Morgan fingerprint density at radius 3 is 2.48 bits per heavy atom. The van der Waals surface area contributed by atoms with E-state index < -0.39 is 41.2 Å². The molecule has 0 radical (unpaired) electrons. The Bertz CT molecular complexity index is 795. The minimum Gasteiger partial charge on any atom is -0.465 e. The minimum absolute atomic E-state index is 0.223. The summed E-state index contributed by atoms with van der Waals surface area (Å²) in [5, 5.41) is 12.8. The fourth-order valence-corrected chi connectivity index (χ4v) is 2.12. The molecule has 1 aromatic heterocycles. The summed E-state index contributed by atoms with van der Waals surface area (Å²) in [6, 6.07) is 2.24. The topological polar surface area (TPSA) is 74.2 Å². The first kappa shape index (κ1) is 18.4. The molecule has 0 aliphatic heterocycles. The average Bonchev–Trinajstić information content (AvgIpc) is 2.47. The normalized spacial score (nSPS) is 12.6. The maximum absolute atomic E-state index is 14.0. The second kappa shape index (κ2) is 6.91. The maximum atomic E-state index is 14.0. The zero-order valence-electron chi connectivity index (χ0n) is 12.7. The van der Waals surface area contributed by atoms with Crippen molar-refractivity contribution >= 4 is 17.5 Å². The van der Waals surface area contributed by atoms with Crippen LogP contribution in [0, 0.1) is 11.6 Å². The zero-order chi connectivity index (χ0) is 18.8. The van der Waals surface area contributed by atoms with Gasteiger partial charge < -0.3 is 15.7 Å². The van der Waals surface area contributed by atoms with Crippen LogP contribution in [0.3, 0.4) is 0 Å². The number of para-hydroxylation sites is 1. The van der Waals surface area contributed by atoms with Crippen LogP contribution in [0.25, 0.3) is 0 Å². The Balaban J connectivity index is 2.34. The van der Waals surface area contributed by atoms with E-state index in [-0.39, 0.29) is 11.4 Å². The van der Waals surface area contributed by atoms with Gasteiger partial charge in [-0.2, -0.15) is 13.2 Å². The van der Waals surface area contributed by atoms with E-state index in [1.807, 2.05) is 5.32 Å². The number of hydrogen-bond acceptors (Lipinski definition) is 3. The Morgan fingerprint density at radius 2 is 1.92 bits per heavy atom. The highest BCUT2D eigenvalue weighted by Crippen LogP contribution is 2.37. The summed E-state index contributed by atoms with van der Waals surface area (Å²) in [4.78, 5) is 14.2. The van der Waals surface area contributed by atoms with Crippen molar-refractivity contribution in [3.8, 4) is 0 Å². The van der Waals surface area contributed by atoms with E-state index in [9.17, 15) is 26.7 Å². The molecular weight excluding hydrogens is 349 g/mol. The van der Waals surface area contributed by atoms with Crippen molar-refractivity contribution in [3.63, 3.8) is 0 Å². The van der Waals surface area contributed by atoms with Crippen LogP contribution in [0.2, 0.25) is 0 Å². The fourth-order valence-electron chi connectivity index (χ4n) is 2.12. The largest absolute Gasteiger partial charge is 0.465 e. The second-order valence-electron chi connectivity index (χ2n) is 5.05. The number of aromatic nitrogens is 1. The first-order valence-electron chi connectivity index (χ1n) is 6.87. The third-order valence-corrected chi connectivity index (χ3v) is 3.21. The molecule has 0 saturated carbocycles. The van der Waals surface area contributed by atoms with Crippen LogP contribution in [0.5, 0.6) is 0 Å². The second-order valence-corrected chi connectivity index (χ2v) is 5.05. The van der Waals surface area contributed by atoms with Crippen molar-refractivity contribution in [2.24, 2.45) is 0 Å². The number of nitrogens with zero attached hydrogens (tertiary/aromatic N) is 1. The van der Waals surface area contributed by atoms with E-state index in [1.165, 1.54) is 6.92 Å². The number of anilines is 2. The van der Waals surface area contributed by atoms with Gasteiger partial charge in [-0.15, -0.1) is 0 Å². The van der Waals surface area contributed by atoms with Gasteiger partial charge in [0.25, 0.3) is 0 Å². The molecule has 10 heteroatoms. The van der Waals surface area contributed by atoms with Crippen LogP contribution in [0.4, 0.5) is 38.1 Å². The average molecular weight is 361 g/mol. The highest BCUT2D eigenvalue weighted by Gasteiger charge is 2.34. The molecule has 1 atom stereocenters. The van der Waals surface area contributed by atoms with Gasteiger partial charge in [-0.3, -0.25) is 4.98 Å². The number of hydrogen-bond donors (Lipinski definition) is 3. The van der Waals surface area contributed by atoms with Crippen molar-refractivity contribution in [2.45, 2.75) is 19.1 Å². The molecule has 5 nitrogen and oxygen atoms in total. The van der Waals surface area contributed by atoms with Gasteiger partial charge in [0.1, 0.15) is 11.6 Å². The zero-order valence-corrected chi connectivity index (χ0v) is 12.7. The summed E-state index contributed by atoms with van der Waals surface area (Å²) in [6.45, 7) is 1.34. The lowest BCUT2D eigenvalue weighted by molar-refractivity contribution is -0.137. The molecule has 134 valence electrons. The molecule has 1 aromatic carbocycles. The maximum Gasteiger partial charge on any atom is 0.418 e. The van der Waals surface area contributed by atoms with Gasteiger partial charge in [0.05, 0.1) is 34.9 Å². The number of pyridine rings is 1. The Labute approximate surface area is 138 Å². The summed E-state index contributed by atoms with van der Waals surface area (Å²) >= 11 is 0. The molecule has 0 bridgehead atoms. The molecule has 1 heterocycles. The van der Waals surface area contributed by atoms with Crippen molar-refractivity contribution in [1.82, 2.24) is 10.3 Å². The molecule has 0 saturated heterocycles. The first-order chi connectivity index (χ1) is 11.6. The van der Waals surface area contributed by atoms with Crippen LogP contribution in [-0.4, -0.2) is 16.2 Å². The third kappa shape index (κ3) is 4.34. The fraction of sp³-hybridized carbons (Fsp3) is 0.200. The van der Waals surface area contributed by atoms with Crippen molar-refractivity contribution in [1.29, 1.82) is 0 Å². The lowest BCUT2D eigenvalue weighted by Gasteiger charge is -2.16. The standard InChI is InChI=1S/C15H12F5N3O2/c1-7(22-14(24)25)12-11(17)5-8(6-21-12)23-13-9(15(18,19)20)3-2-4-10(13)16/h2-7,22-23H,1H3,(H,24,25). The number of carboxylic acid groups (broad SMARTS) is 1. The summed E-state index contributed by atoms with van der Waals surface area (Å²) in [6.07, 6.45) is -5.22. The molecule has 2 aromatic rings. The monoisotopic (exact) mass is 361 g/mol. The number of nitrogens with one attached hydrogen (secondary N) is 2. The van der Waals surface area contributed by atoms with Crippen LogP contribution < -0.4 is 10.6 Å². The number of amides is 1. The Kier molecular flexibility index (Phi) is 5.10. The lowest BCUT2D eigenvalue weighted by atomic mass is 10.1. The van der Waals surface area contributed by atoms with Crippen LogP contribution >= 0.6 is 0 Å². The molecule has 25 heavy (non-hydrogen) atoms. The quantitative estimate of drug-likeness (QED) is 0.704. The summed E-state index contributed by atoms with van der Waals surface area (Å²) in [7, 11) is 0. The van der Waals surface area contributed by atoms with E-state index in [0.717, 1.165) is 24.4 Å². The molecule has 3 N–H and O–H groups in total. The first-order valence-corrected chi connectivity index (χ1v) is 6.87. The number of alkyl halides is 3. The van der Waals surface area contributed by atoms with E-state index >= 15 is 0 Å². The summed E-state index contributed by atoms with van der Waals surface area (Å²) in [5.41, 5.74) is -2.59. The Hall–Kier alpha value is -2.91. The van der Waals surface area contributed by atoms with Gasteiger partial charge in [0, 0.05) is 6.07 Å². The third-order valence-electron chi connectivity index (χ3n) is 3.21. The summed E-state index contributed by atoms with van der Waals surface area (Å²) in [5.74, 6) is -2.13. The lowest BCUT2D eigenvalue weighted by Crippen LogP contribution is -2.26. The van der Waals surface area contributed by atoms with Crippen LogP contribution in [-0.2, 0) is 6.18 Å². The number of halogens is 5. The minimum atomic E-state index is -4.81. The molecule has 0 aliphatic carbocycles. The van der Waals surface area contributed by atoms with Crippen molar-refractivity contribution in [3.05, 3.63) is 53.4 Å². The number of benzene rings is 1. The molecule has 0 aliphatic rings. The summed E-state index contributed by atoms with van der Waals surface area (Å²) < 4.78 is 66.6. The number of rotatable bonds is 4. The molecule has 0 spiro atoms. The van der Waals surface area contributed by atoms with Gasteiger partial charge in [0.15, 0.2) is 0 Å². The van der Waals surface area contributed by atoms with Crippen molar-refractivity contribution in [2.75, 3.05) is 5.32 Å². The highest BCUT2D eigenvalue weighted by molar-refractivity contribution is 5.66.